The van der Waals surface area contributed by atoms with Gasteiger partial charge in [0.2, 0.25) is 0 Å². The Kier molecular flexibility index (Phi) is 6.44. The number of nitrogens with zero attached hydrogens (tertiary/aromatic N) is 3. The molecule has 1 atom stereocenters. The number of anilines is 1. The van der Waals surface area contributed by atoms with Gasteiger partial charge in [-0.3, -0.25) is 4.79 Å². The Labute approximate surface area is 210 Å². The first-order chi connectivity index (χ1) is 17.4. The largest absolute Gasteiger partial charge is 0.457 e. The lowest BCUT2D eigenvalue weighted by molar-refractivity contribution is -0.129. The molecule has 2 fully saturated rings. The van der Waals surface area contributed by atoms with E-state index in [9.17, 15) is 9.90 Å². The number of rotatable bonds is 5. The van der Waals surface area contributed by atoms with Crippen molar-refractivity contribution in [2.75, 3.05) is 18.8 Å². The van der Waals surface area contributed by atoms with Gasteiger partial charge in [-0.05, 0) is 80.3 Å². The van der Waals surface area contributed by atoms with Crippen molar-refractivity contribution in [3.63, 3.8) is 0 Å². The molecule has 8 heteroatoms. The van der Waals surface area contributed by atoms with Crippen LogP contribution in [0.5, 0.6) is 11.5 Å². The van der Waals surface area contributed by atoms with E-state index in [1.807, 2.05) is 64.2 Å². The number of aromatic nitrogens is 2. The van der Waals surface area contributed by atoms with E-state index in [0.717, 1.165) is 50.1 Å². The number of likely N-dealkylation sites (tertiary alicyclic amines) is 1. The Morgan fingerprint density at radius 3 is 2.36 bits per heavy atom. The molecule has 1 amide bonds. The van der Waals surface area contributed by atoms with Crippen LogP contribution in [-0.4, -0.2) is 38.8 Å². The quantitative estimate of drug-likeness (QED) is 0.373. The van der Waals surface area contributed by atoms with Gasteiger partial charge in [0.25, 0.3) is 5.91 Å². The third kappa shape index (κ3) is 4.55. The molecule has 2 aliphatic rings. The zero-order valence-electron chi connectivity index (χ0n) is 20.4. The number of carbonyl (C=O) groups is 1. The number of aliphatic hydroxyl groups excluding tert-OH is 1. The smallest absolute Gasteiger partial charge is 0.298 e. The normalized spacial score (nSPS) is 17.7. The maximum atomic E-state index is 12.1. The van der Waals surface area contributed by atoms with Crippen LogP contribution in [0, 0.1) is 17.3 Å². The van der Waals surface area contributed by atoms with Gasteiger partial charge in [-0.25, -0.2) is 4.68 Å². The Bertz CT molecular complexity index is 1290. The Balaban J connectivity index is 1.31. The van der Waals surface area contributed by atoms with E-state index < -0.39 is 6.23 Å². The van der Waals surface area contributed by atoms with Crippen LogP contribution >= 0.6 is 0 Å². The Hall–Kier alpha value is -3.80. The highest BCUT2D eigenvalue weighted by atomic mass is 16.5. The van der Waals surface area contributed by atoms with E-state index in [0.29, 0.717) is 22.8 Å². The summed E-state index contributed by atoms with van der Waals surface area (Å²) in [6, 6.07) is 17.2. The molecule has 5 rings (SSSR count). The van der Waals surface area contributed by atoms with E-state index in [1.165, 1.54) is 0 Å². The fourth-order valence-corrected chi connectivity index (χ4v) is 5.44. The SMILES string of the molecule is CC#CC(=O)N1CCC2(CC1)CC(n1nc(-c3ccc(Oc4ccccc4)cc3)c(C(N)O)c1N)C2. The third-order valence-electron chi connectivity index (χ3n) is 7.41. The molecule has 2 heterocycles. The van der Waals surface area contributed by atoms with Gasteiger partial charge in [-0.1, -0.05) is 24.1 Å². The highest BCUT2D eigenvalue weighted by molar-refractivity contribution is 5.93. The number of hydrogen-bond donors (Lipinski definition) is 3. The molecule has 8 nitrogen and oxygen atoms in total. The molecule has 5 N–H and O–H groups in total. The summed E-state index contributed by atoms with van der Waals surface area (Å²) in [6.45, 7) is 3.14. The van der Waals surface area contributed by atoms with Gasteiger partial charge in [-0.15, -0.1) is 0 Å². The molecule has 1 unspecified atom stereocenters. The number of para-hydroxylation sites is 1. The molecule has 1 spiro atoms. The summed E-state index contributed by atoms with van der Waals surface area (Å²) in [7, 11) is 0. The van der Waals surface area contributed by atoms with Crippen LogP contribution in [0.1, 0.15) is 50.4 Å². The predicted molar refractivity (Wildman–Crippen MR) is 138 cm³/mol. The zero-order valence-corrected chi connectivity index (χ0v) is 20.4. The van der Waals surface area contributed by atoms with Gasteiger partial charge < -0.3 is 26.2 Å². The minimum absolute atomic E-state index is 0.0917. The average molecular weight is 486 g/mol. The van der Waals surface area contributed by atoms with Crippen LogP contribution in [0.2, 0.25) is 0 Å². The number of carbonyl (C=O) groups excluding carboxylic acids is 1. The topological polar surface area (TPSA) is 120 Å². The first-order valence-corrected chi connectivity index (χ1v) is 12.3. The molecule has 3 aromatic rings. The second-order valence-corrected chi connectivity index (χ2v) is 9.71. The monoisotopic (exact) mass is 485 g/mol. The van der Waals surface area contributed by atoms with Crippen molar-refractivity contribution in [2.45, 2.75) is 44.9 Å². The molecule has 36 heavy (non-hydrogen) atoms. The van der Waals surface area contributed by atoms with Crippen molar-refractivity contribution in [1.82, 2.24) is 14.7 Å². The minimum Gasteiger partial charge on any atom is -0.457 e. The van der Waals surface area contributed by atoms with Crippen molar-refractivity contribution >= 4 is 11.7 Å². The fraction of sp³-hybridized carbons (Fsp3) is 0.357. The van der Waals surface area contributed by atoms with E-state index in [2.05, 4.69) is 11.8 Å². The van der Waals surface area contributed by atoms with Crippen molar-refractivity contribution < 1.29 is 14.6 Å². The lowest BCUT2D eigenvalue weighted by Gasteiger charge is -2.52. The first-order valence-electron chi connectivity index (χ1n) is 12.3. The number of aliphatic hydroxyl groups is 1. The van der Waals surface area contributed by atoms with Crippen molar-refractivity contribution in [3.05, 3.63) is 60.2 Å². The Morgan fingerprint density at radius 1 is 1.11 bits per heavy atom. The van der Waals surface area contributed by atoms with Crippen LogP contribution in [0.3, 0.4) is 0 Å². The summed E-state index contributed by atoms with van der Waals surface area (Å²) in [4.78, 5) is 13.9. The maximum Gasteiger partial charge on any atom is 0.298 e. The van der Waals surface area contributed by atoms with Crippen LogP contribution in [-0.2, 0) is 4.79 Å². The van der Waals surface area contributed by atoms with Crippen LogP contribution in [0.15, 0.2) is 54.6 Å². The summed E-state index contributed by atoms with van der Waals surface area (Å²) in [5.41, 5.74) is 14.4. The van der Waals surface area contributed by atoms with Gasteiger partial charge in [0, 0.05) is 18.7 Å². The maximum absolute atomic E-state index is 12.1. The summed E-state index contributed by atoms with van der Waals surface area (Å²) >= 11 is 0. The van der Waals surface area contributed by atoms with E-state index >= 15 is 0 Å². The van der Waals surface area contributed by atoms with Gasteiger partial charge >= 0.3 is 0 Å². The molecule has 1 saturated heterocycles. The van der Waals surface area contributed by atoms with E-state index in [-0.39, 0.29) is 17.4 Å². The van der Waals surface area contributed by atoms with Crippen molar-refractivity contribution in [1.29, 1.82) is 0 Å². The predicted octanol–water partition coefficient (Wildman–Crippen LogP) is 3.84. The Morgan fingerprint density at radius 2 is 1.75 bits per heavy atom. The van der Waals surface area contributed by atoms with Gasteiger partial charge in [-0.2, -0.15) is 5.10 Å². The molecule has 0 bridgehead atoms. The number of amides is 1. The summed E-state index contributed by atoms with van der Waals surface area (Å²) < 4.78 is 7.70. The van der Waals surface area contributed by atoms with E-state index in [1.54, 1.807) is 6.92 Å². The molecule has 0 radical (unpaired) electrons. The van der Waals surface area contributed by atoms with Gasteiger partial charge in [0.1, 0.15) is 29.2 Å². The van der Waals surface area contributed by atoms with Gasteiger partial charge in [0.15, 0.2) is 0 Å². The van der Waals surface area contributed by atoms with Crippen LogP contribution < -0.4 is 16.2 Å². The van der Waals surface area contributed by atoms with Crippen molar-refractivity contribution in [2.24, 2.45) is 11.1 Å². The number of ether oxygens (including phenoxy) is 1. The van der Waals surface area contributed by atoms with Crippen molar-refractivity contribution in [3.8, 4) is 34.6 Å². The molecule has 1 aliphatic carbocycles. The number of benzene rings is 2. The first kappa shape index (κ1) is 23.9. The van der Waals surface area contributed by atoms with Gasteiger partial charge in [0.05, 0.1) is 11.6 Å². The van der Waals surface area contributed by atoms with E-state index in [4.69, 9.17) is 21.3 Å². The number of nitrogens with two attached hydrogens (primary N) is 2. The second kappa shape index (κ2) is 9.69. The molecule has 1 saturated carbocycles. The second-order valence-electron chi connectivity index (χ2n) is 9.71. The number of hydrogen-bond acceptors (Lipinski definition) is 6. The molecular weight excluding hydrogens is 454 g/mol. The number of nitrogen functional groups attached to an aromatic ring is 1. The highest BCUT2D eigenvalue weighted by Crippen LogP contribution is 2.55. The standard InChI is InChI=1S/C28H31N5O3/c1-2-6-23(34)32-15-13-28(14-16-32)17-20(18-28)33-26(29)24(27(30)35)25(31-33)19-9-11-22(12-10-19)36-21-7-4-3-5-8-21/h3-5,7-12,20,27,35H,13-18,29-30H2,1H3. The molecule has 1 aromatic heterocycles. The lowest BCUT2D eigenvalue weighted by atomic mass is 9.60. The summed E-state index contributed by atoms with van der Waals surface area (Å²) in [5.74, 6) is 7.08. The highest BCUT2D eigenvalue weighted by Gasteiger charge is 2.48. The average Bonchev–Trinajstić information content (AvgIpc) is 3.21. The summed E-state index contributed by atoms with van der Waals surface area (Å²) in [6.07, 6.45) is 2.53. The molecular formula is C28H31N5O3. The number of piperidine rings is 1. The minimum atomic E-state index is -1.24. The fourth-order valence-electron chi connectivity index (χ4n) is 5.44. The third-order valence-corrected chi connectivity index (χ3v) is 7.41. The zero-order chi connectivity index (χ0) is 25.3. The molecule has 1 aliphatic heterocycles. The molecule has 2 aromatic carbocycles. The van der Waals surface area contributed by atoms with Crippen LogP contribution in [0.4, 0.5) is 5.82 Å². The molecule has 186 valence electrons. The van der Waals surface area contributed by atoms with Crippen LogP contribution in [0.25, 0.3) is 11.3 Å². The lowest BCUT2D eigenvalue weighted by Crippen LogP contribution is -2.49. The summed E-state index contributed by atoms with van der Waals surface area (Å²) in [5, 5.41) is 15.1.